The zero-order valence-corrected chi connectivity index (χ0v) is 15.1. The van der Waals surface area contributed by atoms with Gasteiger partial charge < -0.3 is 4.90 Å². The van der Waals surface area contributed by atoms with Crippen molar-refractivity contribution >= 4 is 35.3 Å². The van der Waals surface area contributed by atoms with Crippen molar-refractivity contribution in [3.63, 3.8) is 0 Å². The van der Waals surface area contributed by atoms with Gasteiger partial charge in [0.05, 0.1) is 6.21 Å². The molecule has 1 N–H and O–H groups in total. The molecule has 2 aromatic rings. The summed E-state index contributed by atoms with van der Waals surface area (Å²) in [6.07, 6.45) is 3.74. The van der Waals surface area contributed by atoms with E-state index in [2.05, 4.69) is 10.5 Å². The number of carbonyl (C=O) groups excluding carboxylic acids is 2. The van der Waals surface area contributed by atoms with Crippen molar-refractivity contribution in [2.24, 2.45) is 5.10 Å². The predicted octanol–water partition coefficient (Wildman–Crippen LogP) is 3.55. The Morgan fingerprint density at radius 3 is 2.69 bits per heavy atom. The summed E-state index contributed by atoms with van der Waals surface area (Å²) in [6.45, 7) is 0.701. The van der Waals surface area contributed by atoms with Crippen LogP contribution in [-0.2, 0) is 16.0 Å². The molecule has 0 unspecified atom stereocenters. The molecule has 0 saturated heterocycles. The number of hydrazone groups is 1. The molecule has 2 aromatic carbocycles. The molecule has 1 aliphatic rings. The Bertz CT molecular complexity index is 818. The Hall–Kier alpha value is -2.66. The van der Waals surface area contributed by atoms with E-state index in [1.165, 1.54) is 11.8 Å². The van der Waals surface area contributed by atoms with Gasteiger partial charge in [-0.05, 0) is 42.2 Å². The summed E-state index contributed by atoms with van der Waals surface area (Å²) in [5.74, 6) is -0.317. The number of amides is 2. The third-order valence-corrected chi connectivity index (χ3v) is 4.50. The first-order valence-corrected chi connectivity index (χ1v) is 8.97. The van der Waals surface area contributed by atoms with E-state index in [9.17, 15) is 9.59 Å². The summed E-state index contributed by atoms with van der Waals surface area (Å²) in [5, 5.41) is 4.55. The second-order valence-electron chi connectivity index (χ2n) is 6.12. The monoisotopic (exact) mass is 369 g/mol. The molecule has 0 spiro atoms. The first-order valence-electron chi connectivity index (χ1n) is 8.59. The van der Waals surface area contributed by atoms with E-state index in [1.807, 2.05) is 24.3 Å². The van der Waals surface area contributed by atoms with Crippen molar-refractivity contribution < 1.29 is 9.59 Å². The van der Waals surface area contributed by atoms with Gasteiger partial charge in [0.1, 0.15) is 0 Å². The lowest BCUT2D eigenvalue weighted by Crippen LogP contribution is -2.36. The lowest BCUT2D eigenvalue weighted by molar-refractivity contribution is -0.125. The van der Waals surface area contributed by atoms with Crippen molar-refractivity contribution in [3.8, 4) is 0 Å². The van der Waals surface area contributed by atoms with Gasteiger partial charge in [-0.25, -0.2) is 5.43 Å². The molecule has 3 rings (SSSR count). The van der Waals surface area contributed by atoms with Crippen LogP contribution in [0.2, 0.25) is 5.02 Å². The highest BCUT2D eigenvalue weighted by Crippen LogP contribution is 2.27. The zero-order valence-electron chi connectivity index (χ0n) is 14.3. The summed E-state index contributed by atoms with van der Waals surface area (Å²) in [4.78, 5) is 26.2. The first kappa shape index (κ1) is 18.1. The van der Waals surface area contributed by atoms with Crippen LogP contribution in [0.15, 0.2) is 53.6 Å². The summed E-state index contributed by atoms with van der Waals surface area (Å²) < 4.78 is 0. The van der Waals surface area contributed by atoms with Crippen LogP contribution in [0.1, 0.15) is 30.4 Å². The van der Waals surface area contributed by atoms with Crippen LogP contribution in [0, 0.1) is 0 Å². The highest BCUT2D eigenvalue weighted by atomic mass is 35.5. The van der Waals surface area contributed by atoms with Crippen LogP contribution in [0.5, 0.6) is 0 Å². The smallest absolute Gasteiger partial charge is 0.240 e. The van der Waals surface area contributed by atoms with E-state index >= 15 is 0 Å². The fourth-order valence-electron chi connectivity index (χ4n) is 2.93. The van der Waals surface area contributed by atoms with Gasteiger partial charge in [-0.15, -0.1) is 0 Å². The van der Waals surface area contributed by atoms with Crippen molar-refractivity contribution in [2.45, 2.75) is 25.7 Å². The van der Waals surface area contributed by atoms with Crippen molar-refractivity contribution in [1.29, 1.82) is 0 Å². The molecule has 1 aliphatic heterocycles. The van der Waals surface area contributed by atoms with Crippen LogP contribution in [0.4, 0.5) is 5.69 Å². The number of hydrogen-bond acceptors (Lipinski definition) is 3. The number of carbonyl (C=O) groups is 2. The number of hydrogen-bond donors (Lipinski definition) is 1. The Morgan fingerprint density at radius 1 is 1.12 bits per heavy atom. The molecule has 0 bridgehead atoms. The number of para-hydroxylation sites is 1. The summed E-state index contributed by atoms with van der Waals surface area (Å²) in [6, 6.07) is 15.0. The SMILES string of the molecule is O=C(CCC(=O)N1CCCc2ccccc21)NN=Cc1ccc(Cl)cc1. The minimum absolute atomic E-state index is 0.0334. The Labute approximate surface area is 157 Å². The number of nitrogens with one attached hydrogen (secondary N) is 1. The summed E-state index contributed by atoms with van der Waals surface area (Å²) >= 11 is 5.81. The normalized spacial score (nSPS) is 13.5. The van der Waals surface area contributed by atoms with E-state index in [-0.39, 0.29) is 24.7 Å². The van der Waals surface area contributed by atoms with Crippen LogP contribution in [0.25, 0.3) is 0 Å². The molecule has 26 heavy (non-hydrogen) atoms. The molecule has 0 aromatic heterocycles. The standard InChI is InChI=1S/C20H20ClN3O2/c21-17-9-7-15(8-10-17)14-22-23-19(25)11-12-20(26)24-13-3-5-16-4-1-2-6-18(16)24/h1-2,4,6-10,14H,3,5,11-13H2,(H,23,25). The Kier molecular flexibility index (Phi) is 6.02. The molecule has 0 saturated carbocycles. The topological polar surface area (TPSA) is 61.8 Å². The van der Waals surface area contributed by atoms with E-state index in [0.29, 0.717) is 11.6 Å². The summed E-state index contributed by atoms with van der Waals surface area (Å²) in [5.41, 5.74) is 5.43. The summed E-state index contributed by atoms with van der Waals surface area (Å²) in [7, 11) is 0. The number of aryl methyl sites for hydroxylation is 1. The number of benzene rings is 2. The molecule has 134 valence electrons. The van der Waals surface area contributed by atoms with E-state index < -0.39 is 0 Å². The zero-order chi connectivity index (χ0) is 18.4. The molecule has 2 amide bonds. The van der Waals surface area contributed by atoms with Gasteiger partial charge >= 0.3 is 0 Å². The van der Waals surface area contributed by atoms with Gasteiger partial charge in [-0.1, -0.05) is 41.9 Å². The highest BCUT2D eigenvalue weighted by molar-refractivity contribution is 6.30. The third-order valence-electron chi connectivity index (χ3n) is 4.25. The van der Waals surface area contributed by atoms with E-state index in [0.717, 1.165) is 24.1 Å². The average molecular weight is 370 g/mol. The second-order valence-corrected chi connectivity index (χ2v) is 6.56. The fourth-order valence-corrected chi connectivity index (χ4v) is 3.06. The highest BCUT2D eigenvalue weighted by Gasteiger charge is 2.22. The number of rotatable bonds is 5. The predicted molar refractivity (Wildman–Crippen MR) is 104 cm³/mol. The van der Waals surface area contributed by atoms with Gasteiger partial charge in [0.15, 0.2) is 0 Å². The molecule has 0 aliphatic carbocycles. The van der Waals surface area contributed by atoms with Crippen LogP contribution >= 0.6 is 11.6 Å². The molecule has 6 heteroatoms. The largest absolute Gasteiger partial charge is 0.312 e. The lowest BCUT2D eigenvalue weighted by atomic mass is 10.0. The average Bonchev–Trinajstić information content (AvgIpc) is 2.67. The minimum Gasteiger partial charge on any atom is -0.312 e. The minimum atomic E-state index is -0.283. The molecule has 1 heterocycles. The lowest BCUT2D eigenvalue weighted by Gasteiger charge is -2.29. The van der Waals surface area contributed by atoms with Gasteiger partial charge in [-0.2, -0.15) is 5.10 Å². The van der Waals surface area contributed by atoms with Crippen molar-refractivity contribution in [1.82, 2.24) is 5.43 Å². The van der Waals surface area contributed by atoms with Crippen LogP contribution < -0.4 is 10.3 Å². The van der Waals surface area contributed by atoms with Crippen molar-refractivity contribution in [3.05, 3.63) is 64.7 Å². The van der Waals surface area contributed by atoms with Crippen LogP contribution in [-0.4, -0.2) is 24.6 Å². The maximum atomic E-state index is 12.5. The molecule has 0 atom stereocenters. The van der Waals surface area contributed by atoms with Gasteiger partial charge in [0.2, 0.25) is 11.8 Å². The van der Waals surface area contributed by atoms with Gasteiger partial charge in [0, 0.05) is 30.1 Å². The van der Waals surface area contributed by atoms with Gasteiger partial charge in [0.25, 0.3) is 0 Å². The molecular formula is C20H20ClN3O2. The first-order chi connectivity index (χ1) is 12.6. The number of halogens is 1. The van der Waals surface area contributed by atoms with E-state index in [1.54, 1.807) is 29.2 Å². The number of fused-ring (bicyclic) bond motifs is 1. The van der Waals surface area contributed by atoms with Gasteiger partial charge in [-0.3, -0.25) is 9.59 Å². The molecular weight excluding hydrogens is 350 g/mol. The third kappa shape index (κ3) is 4.70. The Morgan fingerprint density at radius 2 is 1.88 bits per heavy atom. The van der Waals surface area contributed by atoms with E-state index in [4.69, 9.17) is 11.6 Å². The molecule has 0 fully saturated rings. The second kappa shape index (κ2) is 8.63. The Balaban J connectivity index is 1.49. The molecule has 5 nitrogen and oxygen atoms in total. The number of anilines is 1. The fraction of sp³-hybridized carbons (Fsp3) is 0.250. The molecule has 0 radical (unpaired) electrons. The number of nitrogens with zero attached hydrogens (tertiary/aromatic N) is 2. The maximum Gasteiger partial charge on any atom is 0.240 e. The quantitative estimate of drug-likeness (QED) is 0.647. The van der Waals surface area contributed by atoms with Crippen LogP contribution in [0.3, 0.4) is 0 Å². The maximum absolute atomic E-state index is 12.5. The van der Waals surface area contributed by atoms with Crippen molar-refractivity contribution in [2.75, 3.05) is 11.4 Å².